The largest absolute Gasteiger partial charge is 1.00 e. The Labute approximate surface area is 146 Å². The maximum Gasteiger partial charge on any atom is -1.00 e. The summed E-state index contributed by atoms with van der Waals surface area (Å²) in [6, 6.07) is 0. The zero-order valence-electron chi connectivity index (χ0n) is 13.3. The Kier molecular flexibility index (Phi) is 5.13. The van der Waals surface area contributed by atoms with E-state index >= 15 is 0 Å². The first-order valence-corrected chi connectivity index (χ1v) is 10.7. The van der Waals surface area contributed by atoms with E-state index in [1.807, 2.05) is 0 Å². The number of halogens is 2. The molecule has 5 aliphatic rings. The Bertz CT molecular complexity index is 502. The monoisotopic (exact) mass is 350 g/mol. The average molecular weight is 350 g/mol. The summed E-state index contributed by atoms with van der Waals surface area (Å²) in [6.45, 7) is 0. The third-order valence-corrected chi connectivity index (χ3v) is 10.8. The maximum absolute atomic E-state index is 2.57. The SMILES string of the molecule is C1=CC2CC3CCC4CC5C=CC=CC5[CH]4[Ti+2][CH]3C2C=C1.[F-].[F-]. The van der Waals surface area contributed by atoms with Crippen molar-refractivity contribution >= 4 is 0 Å². The first kappa shape index (κ1) is 17.4. The van der Waals surface area contributed by atoms with Gasteiger partial charge in [0.15, 0.2) is 0 Å². The van der Waals surface area contributed by atoms with E-state index in [1.165, 1.54) is 25.7 Å². The van der Waals surface area contributed by atoms with Crippen LogP contribution in [-0.4, -0.2) is 0 Å². The third-order valence-electron chi connectivity index (χ3n) is 6.88. The van der Waals surface area contributed by atoms with Gasteiger partial charge in [-0.15, -0.1) is 0 Å². The zero-order chi connectivity index (χ0) is 13.8. The molecule has 1 heterocycles. The first-order valence-electron chi connectivity index (χ1n) is 8.86. The summed E-state index contributed by atoms with van der Waals surface area (Å²) < 4.78 is 2.20. The fourth-order valence-electron chi connectivity index (χ4n) is 5.94. The average Bonchev–Trinajstić information content (AvgIpc) is 3.00. The molecule has 2 saturated carbocycles. The van der Waals surface area contributed by atoms with E-state index in [0.29, 0.717) is 0 Å². The van der Waals surface area contributed by atoms with Gasteiger partial charge in [-0.3, -0.25) is 0 Å². The molecule has 4 aliphatic carbocycles. The predicted octanol–water partition coefficient (Wildman–Crippen LogP) is -0.796. The van der Waals surface area contributed by atoms with Crippen LogP contribution in [0.4, 0.5) is 0 Å². The van der Waals surface area contributed by atoms with Gasteiger partial charge in [0.2, 0.25) is 0 Å². The molecule has 3 fully saturated rings. The molecular formula is C20H24F2Ti. The van der Waals surface area contributed by atoms with Crippen LogP contribution in [0.15, 0.2) is 48.6 Å². The Balaban J connectivity index is 0.000000781. The summed E-state index contributed by atoms with van der Waals surface area (Å²) in [6.07, 6.45) is 25.5. The summed E-state index contributed by atoms with van der Waals surface area (Å²) in [4.78, 5) is 0. The standard InChI is InChI=1S/C20H24.2FH.Ti/c1-2-6-18-12-15(11-17(18)5-1)9-10-16-13-19-7-3-4-8-20(19)14-16;;;/h1-8,11,13,15-20H,9-10,12,14H2;2*1H;/q;;;+2/p-2. The second-order valence-corrected chi connectivity index (χ2v) is 10.4. The molecule has 0 aromatic rings. The van der Waals surface area contributed by atoms with E-state index in [4.69, 9.17) is 0 Å². The Morgan fingerprint density at radius 2 is 1.04 bits per heavy atom. The Hall–Kier alpha value is -0.466. The Morgan fingerprint density at radius 1 is 0.609 bits per heavy atom. The fourth-order valence-corrected chi connectivity index (χ4v) is 10.2. The van der Waals surface area contributed by atoms with Gasteiger partial charge >= 0.3 is 137 Å². The molecule has 0 spiro atoms. The summed E-state index contributed by atoms with van der Waals surface area (Å²) in [5.41, 5.74) is 0. The van der Waals surface area contributed by atoms with Crippen LogP contribution >= 0.6 is 0 Å². The van der Waals surface area contributed by atoms with Gasteiger partial charge in [-0.1, -0.05) is 0 Å². The van der Waals surface area contributed by atoms with Gasteiger partial charge < -0.3 is 9.41 Å². The molecule has 1 aliphatic heterocycles. The topological polar surface area (TPSA) is 0 Å². The summed E-state index contributed by atoms with van der Waals surface area (Å²) in [5.74, 6) is 5.76. The van der Waals surface area contributed by atoms with Gasteiger partial charge in [0.25, 0.3) is 0 Å². The molecule has 0 amide bonds. The molecule has 8 unspecified atom stereocenters. The van der Waals surface area contributed by atoms with E-state index in [2.05, 4.69) is 48.6 Å². The molecule has 0 radical (unpaired) electrons. The third kappa shape index (κ3) is 2.76. The van der Waals surface area contributed by atoms with Crippen LogP contribution in [0, 0.1) is 35.5 Å². The smallest absolute Gasteiger partial charge is 1.00 e. The van der Waals surface area contributed by atoms with Crippen LogP contribution in [0.2, 0.25) is 8.45 Å². The van der Waals surface area contributed by atoms with Crippen LogP contribution in [0.3, 0.4) is 0 Å². The van der Waals surface area contributed by atoms with Gasteiger partial charge in [0.05, 0.1) is 0 Å². The second kappa shape index (κ2) is 6.80. The van der Waals surface area contributed by atoms with E-state index in [0.717, 1.165) is 44.0 Å². The van der Waals surface area contributed by atoms with E-state index < -0.39 is 0 Å². The van der Waals surface area contributed by atoms with Crippen molar-refractivity contribution in [1.29, 1.82) is 0 Å². The number of allylic oxidation sites excluding steroid dienone is 8. The minimum Gasteiger partial charge on any atom is -1.00 e. The molecular weight excluding hydrogens is 326 g/mol. The fraction of sp³-hybridized carbons (Fsp3) is 0.600. The first-order chi connectivity index (χ1) is 10.4. The van der Waals surface area contributed by atoms with Crippen molar-refractivity contribution in [2.75, 3.05) is 0 Å². The van der Waals surface area contributed by atoms with Crippen molar-refractivity contribution < 1.29 is 28.6 Å². The number of hydrogen-bond acceptors (Lipinski definition) is 0. The van der Waals surface area contributed by atoms with Gasteiger partial charge in [-0.05, 0) is 0 Å². The van der Waals surface area contributed by atoms with Crippen molar-refractivity contribution in [3.8, 4) is 0 Å². The molecule has 0 N–H and O–H groups in total. The van der Waals surface area contributed by atoms with Gasteiger partial charge in [0, 0.05) is 0 Å². The molecule has 5 rings (SSSR count). The van der Waals surface area contributed by atoms with Crippen molar-refractivity contribution in [1.82, 2.24) is 0 Å². The normalized spacial score (nSPS) is 47.7. The minimum atomic E-state index is 0. The van der Waals surface area contributed by atoms with Gasteiger partial charge in [-0.2, -0.15) is 0 Å². The molecule has 23 heavy (non-hydrogen) atoms. The maximum atomic E-state index is 2.57. The molecule has 0 nitrogen and oxygen atoms in total. The van der Waals surface area contributed by atoms with Crippen LogP contribution in [0.1, 0.15) is 25.7 Å². The van der Waals surface area contributed by atoms with E-state index in [1.54, 1.807) is 0 Å². The van der Waals surface area contributed by atoms with E-state index in [9.17, 15) is 0 Å². The number of hydrogen-bond donors (Lipinski definition) is 0. The summed E-state index contributed by atoms with van der Waals surface area (Å²) in [7, 11) is 0. The van der Waals surface area contributed by atoms with Crippen LogP contribution in [0.25, 0.3) is 0 Å². The molecule has 3 heteroatoms. The molecule has 0 aromatic heterocycles. The van der Waals surface area contributed by atoms with Crippen molar-refractivity contribution in [2.45, 2.75) is 34.1 Å². The molecule has 8 atom stereocenters. The van der Waals surface area contributed by atoms with Crippen LogP contribution in [0.5, 0.6) is 0 Å². The summed E-state index contributed by atoms with van der Waals surface area (Å²) in [5, 5.41) is 0. The number of rotatable bonds is 0. The number of fused-ring (bicyclic) bond motifs is 6. The van der Waals surface area contributed by atoms with Crippen molar-refractivity contribution in [3.63, 3.8) is 0 Å². The zero-order valence-corrected chi connectivity index (χ0v) is 14.9. The molecule has 0 aromatic carbocycles. The second-order valence-electron chi connectivity index (χ2n) is 7.81. The quantitative estimate of drug-likeness (QED) is 0.502. The van der Waals surface area contributed by atoms with Crippen LogP contribution < -0.4 is 9.41 Å². The van der Waals surface area contributed by atoms with Crippen LogP contribution in [-0.2, 0) is 19.2 Å². The molecule has 1 saturated heterocycles. The minimum absolute atomic E-state index is 0. The Morgan fingerprint density at radius 3 is 1.52 bits per heavy atom. The molecule has 122 valence electrons. The van der Waals surface area contributed by atoms with Crippen molar-refractivity contribution in [3.05, 3.63) is 48.6 Å². The summed E-state index contributed by atoms with van der Waals surface area (Å²) >= 11 is 0.178. The molecule has 0 bridgehead atoms. The predicted molar refractivity (Wildman–Crippen MR) is 83.5 cm³/mol. The van der Waals surface area contributed by atoms with Crippen molar-refractivity contribution in [2.24, 2.45) is 35.5 Å². The van der Waals surface area contributed by atoms with Gasteiger partial charge in [-0.25, -0.2) is 0 Å². The van der Waals surface area contributed by atoms with E-state index in [-0.39, 0.29) is 28.6 Å². The van der Waals surface area contributed by atoms with Gasteiger partial charge in [0.1, 0.15) is 0 Å².